The van der Waals surface area contributed by atoms with Gasteiger partial charge in [0.1, 0.15) is 6.54 Å². The summed E-state index contributed by atoms with van der Waals surface area (Å²) in [6, 6.07) is 11.8. The predicted molar refractivity (Wildman–Crippen MR) is 149 cm³/mol. The highest BCUT2D eigenvalue weighted by molar-refractivity contribution is 8.18. The van der Waals surface area contributed by atoms with Gasteiger partial charge >= 0.3 is 0 Å². The Balaban J connectivity index is 1.52. The first kappa shape index (κ1) is 25.8. The van der Waals surface area contributed by atoms with E-state index in [0.717, 1.165) is 51.9 Å². The molecule has 1 saturated heterocycles. The van der Waals surface area contributed by atoms with Gasteiger partial charge in [-0.2, -0.15) is 0 Å². The van der Waals surface area contributed by atoms with Crippen molar-refractivity contribution in [1.29, 1.82) is 0 Å². The van der Waals surface area contributed by atoms with Gasteiger partial charge in [0.05, 0.1) is 10.4 Å². The first-order valence-corrected chi connectivity index (χ1v) is 13.1. The minimum atomic E-state index is -0.445. The maximum Gasteiger partial charge on any atom is 0.294 e. The second kappa shape index (κ2) is 9.97. The second-order valence-electron chi connectivity index (χ2n) is 10.0. The Morgan fingerprint density at radius 3 is 2.53 bits per heavy atom. The van der Waals surface area contributed by atoms with Gasteiger partial charge in [-0.15, -0.1) is 0 Å². The molecule has 0 atom stereocenters. The molecule has 0 aromatic heterocycles. The maximum absolute atomic E-state index is 13.0. The van der Waals surface area contributed by atoms with Crippen LogP contribution in [0.4, 0.5) is 16.2 Å². The molecule has 6 nitrogen and oxygen atoms in total. The van der Waals surface area contributed by atoms with Crippen LogP contribution >= 0.6 is 11.8 Å². The molecule has 0 spiro atoms. The molecule has 7 heteroatoms. The fourth-order valence-corrected chi connectivity index (χ4v) is 5.74. The topological polar surface area (TPSA) is 69.7 Å². The SMILES string of the molecule is CCCN1c2ccc(/C=C3/SC(=O)N(CC(=O)Nc4ccc(C)cc4C)C3=O)cc2C(C)=CC1(C)C. The summed E-state index contributed by atoms with van der Waals surface area (Å²) in [6.45, 7) is 13.2. The Labute approximate surface area is 217 Å². The van der Waals surface area contributed by atoms with Crippen molar-refractivity contribution in [2.24, 2.45) is 0 Å². The van der Waals surface area contributed by atoms with Crippen molar-refractivity contribution in [3.63, 3.8) is 0 Å². The Morgan fingerprint density at radius 1 is 1.08 bits per heavy atom. The fraction of sp³-hybridized carbons (Fsp3) is 0.345. The van der Waals surface area contributed by atoms with Gasteiger partial charge in [0.15, 0.2) is 0 Å². The number of anilines is 2. The van der Waals surface area contributed by atoms with E-state index >= 15 is 0 Å². The van der Waals surface area contributed by atoms with Crippen LogP contribution in [0.1, 0.15) is 56.4 Å². The third-order valence-electron chi connectivity index (χ3n) is 6.58. The van der Waals surface area contributed by atoms with Crippen LogP contribution in [-0.4, -0.2) is 40.6 Å². The minimum Gasteiger partial charge on any atom is -0.362 e. The monoisotopic (exact) mass is 503 g/mol. The van der Waals surface area contributed by atoms with Crippen LogP contribution in [0.15, 0.2) is 47.4 Å². The van der Waals surface area contributed by atoms with Gasteiger partial charge in [0.25, 0.3) is 11.1 Å². The maximum atomic E-state index is 13.0. The van der Waals surface area contributed by atoms with E-state index in [9.17, 15) is 14.4 Å². The summed E-state index contributed by atoms with van der Waals surface area (Å²) in [4.78, 5) is 41.9. The van der Waals surface area contributed by atoms with E-state index in [1.165, 1.54) is 11.3 Å². The molecule has 0 bridgehead atoms. The normalized spacial score (nSPS) is 17.9. The molecule has 1 fully saturated rings. The van der Waals surface area contributed by atoms with E-state index < -0.39 is 17.1 Å². The number of fused-ring (bicyclic) bond motifs is 1. The lowest BCUT2D eigenvalue weighted by Crippen LogP contribution is -2.45. The van der Waals surface area contributed by atoms with E-state index in [2.05, 4.69) is 56.1 Å². The lowest BCUT2D eigenvalue weighted by Gasteiger charge is -2.43. The molecule has 0 radical (unpaired) electrons. The van der Waals surface area contributed by atoms with Crippen molar-refractivity contribution >= 4 is 51.8 Å². The summed E-state index contributed by atoms with van der Waals surface area (Å²) >= 11 is 0.870. The lowest BCUT2D eigenvalue weighted by molar-refractivity contribution is -0.127. The number of amides is 3. The van der Waals surface area contributed by atoms with Gasteiger partial charge in [0, 0.05) is 23.5 Å². The van der Waals surface area contributed by atoms with Crippen LogP contribution in [0.3, 0.4) is 0 Å². The summed E-state index contributed by atoms with van der Waals surface area (Å²) in [6.07, 6.45) is 5.06. The number of rotatable bonds is 6. The number of nitrogens with one attached hydrogen (secondary N) is 1. The quantitative estimate of drug-likeness (QED) is 0.463. The van der Waals surface area contributed by atoms with Crippen molar-refractivity contribution in [3.8, 4) is 0 Å². The summed E-state index contributed by atoms with van der Waals surface area (Å²) in [5.41, 5.74) is 6.96. The molecule has 1 N–H and O–H groups in total. The third-order valence-corrected chi connectivity index (χ3v) is 7.49. The highest BCUT2D eigenvalue weighted by atomic mass is 32.2. The van der Waals surface area contributed by atoms with Gasteiger partial charge in [-0.3, -0.25) is 19.3 Å². The average molecular weight is 504 g/mol. The zero-order valence-electron chi connectivity index (χ0n) is 21.8. The molecule has 2 aliphatic rings. The molecular weight excluding hydrogens is 470 g/mol. The number of thioether (sulfide) groups is 1. The fourth-order valence-electron chi connectivity index (χ4n) is 4.90. The molecule has 3 amide bonds. The van der Waals surface area contributed by atoms with Gasteiger partial charge in [-0.05, 0) is 93.8 Å². The number of aryl methyl sites for hydroxylation is 2. The predicted octanol–water partition coefficient (Wildman–Crippen LogP) is 6.39. The number of nitrogens with zero attached hydrogens (tertiary/aromatic N) is 2. The van der Waals surface area contributed by atoms with Crippen LogP contribution in [0.25, 0.3) is 11.6 Å². The first-order chi connectivity index (χ1) is 17.0. The Hall–Kier alpha value is -3.32. The second-order valence-corrected chi connectivity index (χ2v) is 11.0. The van der Waals surface area contributed by atoms with E-state index in [-0.39, 0.29) is 12.1 Å². The molecule has 2 aromatic carbocycles. The summed E-state index contributed by atoms with van der Waals surface area (Å²) in [7, 11) is 0. The smallest absolute Gasteiger partial charge is 0.294 e. The van der Waals surface area contributed by atoms with Crippen molar-refractivity contribution < 1.29 is 14.4 Å². The largest absolute Gasteiger partial charge is 0.362 e. The van der Waals surface area contributed by atoms with Crippen LogP contribution in [0, 0.1) is 13.8 Å². The van der Waals surface area contributed by atoms with Crippen molar-refractivity contribution in [3.05, 3.63) is 69.6 Å². The Bertz CT molecular complexity index is 1310. The van der Waals surface area contributed by atoms with Crippen LogP contribution in [0.5, 0.6) is 0 Å². The number of hydrogen-bond acceptors (Lipinski definition) is 5. The minimum absolute atomic E-state index is 0.0744. The van der Waals surface area contributed by atoms with Crippen LogP contribution in [0.2, 0.25) is 0 Å². The first-order valence-electron chi connectivity index (χ1n) is 12.2. The van der Waals surface area contributed by atoms with E-state index in [0.29, 0.717) is 10.6 Å². The molecule has 0 unspecified atom stereocenters. The highest BCUT2D eigenvalue weighted by Gasteiger charge is 2.36. The number of allylic oxidation sites excluding steroid dienone is 1. The molecule has 188 valence electrons. The molecular formula is C29H33N3O3S. The molecule has 2 heterocycles. The number of hydrogen-bond donors (Lipinski definition) is 1. The van der Waals surface area contributed by atoms with Crippen LogP contribution < -0.4 is 10.2 Å². The molecule has 0 aliphatic carbocycles. The van der Waals surface area contributed by atoms with Gasteiger partial charge in [-0.25, -0.2) is 0 Å². The summed E-state index contributed by atoms with van der Waals surface area (Å²) in [5.74, 6) is -0.849. The molecule has 2 aliphatic heterocycles. The molecule has 36 heavy (non-hydrogen) atoms. The average Bonchev–Trinajstić information content (AvgIpc) is 3.05. The molecule has 2 aromatic rings. The van der Waals surface area contributed by atoms with Gasteiger partial charge in [0.2, 0.25) is 5.91 Å². The molecule has 4 rings (SSSR count). The Kier molecular flexibility index (Phi) is 7.14. The highest BCUT2D eigenvalue weighted by Crippen LogP contribution is 2.40. The standard InChI is InChI=1S/C29H33N3O3S/c1-7-12-32-24-11-9-21(14-22(24)20(4)16-29(32,5)6)15-25-27(34)31(28(35)36-25)17-26(33)30-23-10-8-18(2)13-19(23)3/h8-11,13-16H,7,12,17H2,1-6H3,(H,30,33)/b25-15+. The number of carbonyl (C=O) groups excluding carboxylic acids is 3. The van der Waals surface area contributed by atoms with Crippen LogP contribution in [-0.2, 0) is 9.59 Å². The van der Waals surface area contributed by atoms with Gasteiger partial charge in [-0.1, -0.05) is 36.8 Å². The summed E-state index contributed by atoms with van der Waals surface area (Å²) in [5, 5.41) is 2.37. The van der Waals surface area contributed by atoms with E-state index in [1.807, 2.05) is 38.1 Å². The van der Waals surface area contributed by atoms with Gasteiger partial charge < -0.3 is 10.2 Å². The third kappa shape index (κ3) is 5.12. The zero-order chi connectivity index (χ0) is 26.2. The Morgan fingerprint density at radius 2 is 1.83 bits per heavy atom. The van der Waals surface area contributed by atoms with Crippen molar-refractivity contribution in [1.82, 2.24) is 4.90 Å². The van der Waals surface area contributed by atoms with E-state index in [4.69, 9.17) is 0 Å². The van der Waals surface area contributed by atoms with Crippen molar-refractivity contribution in [2.75, 3.05) is 23.3 Å². The zero-order valence-corrected chi connectivity index (χ0v) is 22.6. The number of carbonyl (C=O) groups is 3. The van der Waals surface area contributed by atoms with E-state index in [1.54, 1.807) is 6.08 Å². The number of benzene rings is 2. The lowest BCUT2D eigenvalue weighted by atomic mass is 9.88. The molecule has 0 saturated carbocycles. The van der Waals surface area contributed by atoms with Crippen molar-refractivity contribution in [2.45, 2.75) is 53.5 Å². The summed E-state index contributed by atoms with van der Waals surface area (Å²) < 4.78 is 0. The number of imide groups is 1.